The Morgan fingerprint density at radius 3 is 2.88 bits per heavy atom. The molecule has 3 aromatic rings. The van der Waals surface area contributed by atoms with Crippen LogP contribution >= 0.6 is 23.5 Å². The molecule has 1 N–H and O–H groups in total. The summed E-state index contributed by atoms with van der Waals surface area (Å²) in [5.74, 6) is 0.863. The summed E-state index contributed by atoms with van der Waals surface area (Å²) in [7, 11) is 1.91. The van der Waals surface area contributed by atoms with Gasteiger partial charge in [0.15, 0.2) is 16.7 Å². The molecule has 2 aliphatic rings. The molecule has 34 heavy (non-hydrogen) atoms. The highest BCUT2D eigenvalue weighted by Gasteiger charge is 2.34. The van der Waals surface area contributed by atoms with Crippen molar-refractivity contribution >= 4 is 57.7 Å². The lowest BCUT2D eigenvalue weighted by Gasteiger charge is -2.12. The molecule has 0 aliphatic carbocycles. The van der Waals surface area contributed by atoms with Gasteiger partial charge in [-0.1, -0.05) is 30.0 Å². The molecule has 1 saturated heterocycles. The lowest BCUT2D eigenvalue weighted by atomic mass is 10.2. The van der Waals surface area contributed by atoms with Crippen molar-refractivity contribution in [2.24, 2.45) is 7.05 Å². The Bertz CT molecular complexity index is 1340. The van der Waals surface area contributed by atoms with Crippen LogP contribution in [0.25, 0.3) is 17.1 Å². The maximum Gasteiger partial charge on any atom is 0.293 e. The molecule has 5 rings (SSSR count). The van der Waals surface area contributed by atoms with Crippen molar-refractivity contribution in [3.05, 3.63) is 52.9 Å². The van der Waals surface area contributed by atoms with Crippen molar-refractivity contribution in [3.63, 3.8) is 0 Å². The molecule has 11 heteroatoms. The van der Waals surface area contributed by atoms with Gasteiger partial charge in [0.2, 0.25) is 12.7 Å². The van der Waals surface area contributed by atoms with E-state index in [1.165, 1.54) is 11.8 Å². The number of hydrogen-bond donors (Lipinski definition) is 1. The minimum Gasteiger partial charge on any atom is -0.454 e. The fourth-order valence-corrected chi connectivity index (χ4v) is 5.27. The van der Waals surface area contributed by atoms with Crippen molar-refractivity contribution < 1.29 is 23.9 Å². The molecule has 0 saturated carbocycles. The number of rotatable bonds is 7. The fourth-order valence-electron chi connectivity index (χ4n) is 3.59. The standard InChI is InChI=1S/C23H20N4O5S2/c1-26-16-5-3-2-4-15(16)25-22(26)33-12-20(28)24-8-9-27-21(29)19(34-23(27)30)11-14-6-7-17-18(10-14)32-13-31-17/h2-7,10-11H,8-9,12-13H2,1H3,(H,24,28). The minimum absolute atomic E-state index is 0.103. The van der Waals surface area contributed by atoms with Gasteiger partial charge in [0.05, 0.1) is 21.7 Å². The monoisotopic (exact) mass is 496 g/mol. The molecule has 3 heterocycles. The fraction of sp³-hybridized carbons (Fsp3) is 0.217. The predicted octanol–water partition coefficient (Wildman–Crippen LogP) is 3.25. The Morgan fingerprint density at radius 1 is 1.21 bits per heavy atom. The van der Waals surface area contributed by atoms with Crippen molar-refractivity contribution in [1.82, 2.24) is 19.8 Å². The molecule has 174 valence electrons. The van der Waals surface area contributed by atoms with Crippen LogP contribution in [-0.4, -0.2) is 57.1 Å². The van der Waals surface area contributed by atoms with E-state index < -0.39 is 0 Å². The van der Waals surface area contributed by atoms with Crippen LogP contribution in [0.2, 0.25) is 0 Å². The third-order valence-corrected chi connectivity index (χ3v) is 7.24. The summed E-state index contributed by atoms with van der Waals surface area (Å²) in [6.45, 7) is 0.446. The smallest absolute Gasteiger partial charge is 0.293 e. The number of nitrogens with zero attached hydrogens (tertiary/aromatic N) is 3. The van der Waals surface area contributed by atoms with Crippen molar-refractivity contribution in [2.45, 2.75) is 5.16 Å². The van der Waals surface area contributed by atoms with Gasteiger partial charge < -0.3 is 19.4 Å². The molecule has 0 spiro atoms. The van der Waals surface area contributed by atoms with Gasteiger partial charge in [-0.05, 0) is 47.7 Å². The number of nitrogens with one attached hydrogen (secondary N) is 1. The number of thioether (sulfide) groups is 2. The lowest BCUT2D eigenvalue weighted by molar-refractivity contribution is -0.123. The second kappa shape index (κ2) is 9.43. The summed E-state index contributed by atoms with van der Waals surface area (Å²) in [4.78, 5) is 43.3. The van der Waals surface area contributed by atoms with Crippen LogP contribution in [0.1, 0.15) is 5.56 Å². The van der Waals surface area contributed by atoms with E-state index in [9.17, 15) is 14.4 Å². The number of fused-ring (bicyclic) bond motifs is 2. The Labute approximate surface area is 203 Å². The zero-order valence-electron chi connectivity index (χ0n) is 18.1. The minimum atomic E-state index is -0.379. The molecule has 0 atom stereocenters. The first-order chi connectivity index (χ1) is 16.5. The maximum absolute atomic E-state index is 12.7. The molecular weight excluding hydrogens is 476 g/mol. The summed E-state index contributed by atoms with van der Waals surface area (Å²) < 4.78 is 12.6. The van der Waals surface area contributed by atoms with E-state index in [0.29, 0.717) is 16.4 Å². The number of amides is 3. The number of imidazole rings is 1. The third kappa shape index (κ3) is 4.48. The van der Waals surface area contributed by atoms with Gasteiger partial charge in [-0.3, -0.25) is 19.3 Å². The average Bonchev–Trinajstić information content (AvgIpc) is 3.50. The number of carbonyl (C=O) groups excluding carboxylic acids is 3. The largest absolute Gasteiger partial charge is 0.454 e. The van der Waals surface area contributed by atoms with E-state index >= 15 is 0 Å². The molecule has 9 nitrogen and oxygen atoms in total. The molecule has 1 aromatic heterocycles. The molecule has 1 fully saturated rings. The molecular formula is C23H20N4O5S2. The summed E-state index contributed by atoms with van der Waals surface area (Å²) in [5.41, 5.74) is 2.61. The topological polar surface area (TPSA) is 103 Å². The van der Waals surface area contributed by atoms with E-state index in [0.717, 1.165) is 38.4 Å². The van der Waals surface area contributed by atoms with Crippen molar-refractivity contribution in [1.29, 1.82) is 0 Å². The normalized spacial score (nSPS) is 16.1. The Balaban J connectivity index is 1.13. The number of imide groups is 1. The highest BCUT2D eigenvalue weighted by atomic mass is 32.2. The van der Waals surface area contributed by atoms with Gasteiger partial charge in [0.25, 0.3) is 11.1 Å². The predicted molar refractivity (Wildman–Crippen MR) is 130 cm³/mol. The molecule has 0 bridgehead atoms. The van der Waals surface area contributed by atoms with E-state index in [-0.39, 0.29) is 42.7 Å². The first-order valence-corrected chi connectivity index (χ1v) is 12.3. The number of hydrogen-bond acceptors (Lipinski definition) is 8. The number of aryl methyl sites for hydroxylation is 1. The first-order valence-electron chi connectivity index (χ1n) is 10.5. The Morgan fingerprint density at radius 2 is 2.03 bits per heavy atom. The van der Waals surface area contributed by atoms with Crippen LogP contribution in [0.5, 0.6) is 11.5 Å². The highest BCUT2D eigenvalue weighted by molar-refractivity contribution is 8.18. The molecule has 3 amide bonds. The molecule has 2 aromatic carbocycles. The van der Waals surface area contributed by atoms with Crippen LogP contribution in [0.3, 0.4) is 0 Å². The number of benzene rings is 2. The molecule has 0 unspecified atom stereocenters. The van der Waals surface area contributed by atoms with Gasteiger partial charge >= 0.3 is 0 Å². The van der Waals surface area contributed by atoms with Crippen molar-refractivity contribution in [2.75, 3.05) is 25.6 Å². The zero-order chi connectivity index (χ0) is 23.7. The number of ether oxygens (including phenoxy) is 2. The van der Waals surface area contributed by atoms with Gasteiger partial charge in [-0.25, -0.2) is 4.98 Å². The van der Waals surface area contributed by atoms with E-state index in [1.807, 2.05) is 35.9 Å². The first kappa shape index (κ1) is 22.4. The number of aromatic nitrogens is 2. The summed E-state index contributed by atoms with van der Waals surface area (Å²) in [5, 5.41) is 3.15. The van der Waals surface area contributed by atoms with Gasteiger partial charge in [0, 0.05) is 20.1 Å². The van der Waals surface area contributed by atoms with Crippen LogP contribution in [0.4, 0.5) is 4.79 Å². The van der Waals surface area contributed by atoms with Crippen LogP contribution in [0.15, 0.2) is 52.5 Å². The second-order valence-electron chi connectivity index (χ2n) is 7.53. The number of carbonyl (C=O) groups is 3. The summed E-state index contributed by atoms with van der Waals surface area (Å²) in [6.07, 6.45) is 1.65. The highest BCUT2D eigenvalue weighted by Crippen LogP contribution is 2.36. The van der Waals surface area contributed by atoms with Crippen LogP contribution < -0.4 is 14.8 Å². The Kier molecular flexibility index (Phi) is 6.20. The number of para-hydroxylation sites is 2. The molecule has 2 aliphatic heterocycles. The van der Waals surface area contributed by atoms with E-state index in [4.69, 9.17) is 9.47 Å². The van der Waals surface area contributed by atoms with E-state index in [2.05, 4.69) is 10.3 Å². The maximum atomic E-state index is 12.7. The summed E-state index contributed by atoms with van der Waals surface area (Å²) >= 11 is 2.21. The van der Waals surface area contributed by atoms with Gasteiger partial charge in [-0.2, -0.15) is 0 Å². The second-order valence-corrected chi connectivity index (χ2v) is 9.46. The third-order valence-electron chi connectivity index (χ3n) is 5.30. The average molecular weight is 497 g/mol. The quantitative estimate of drug-likeness (QED) is 0.393. The van der Waals surface area contributed by atoms with E-state index in [1.54, 1.807) is 24.3 Å². The van der Waals surface area contributed by atoms with Crippen molar-refractivity contribution in [3.8, 4) is 11.5 Å². The molecule has 0 radical (unpaired) electrons. The van der Waals surface area contributed by atoms with Crippen LogP contribution in [-0.2, 0) is 16.6 Å². The lowest BCUT2D eigenvalue weighted by Crippen LogP contribution is -2.37. The zero-order valence-corrected chi connectivity index (χ0v) is 19.8. The van der Waals surface area contributed by atoms with Crippen LogP contribution in [0, 0.1) is 0 Å². The Hall–Kier alpha value is -3.44. The van der Waals surface area contributed by atoms with Gasteiger partial charge in [-0.15, -0.1) is 0 Å². The summed E-state index contributed by atoms with van der Waals surface area (Å²) in [6, 6.07) is 13.1. The van der Waals surface area contributed by atoms with Gasteiger partial charge in [0.1, 0.15) is 0 Å². The SMILES string of the molecule is Cn1c(SCC(=O)NCCN2C(=O)SC(=Cc3ccc4c(c3)OCO4)C2=O)nc2ccccc21.